The third kappa shape index (κ3) is 2.49. The van der Waals surface area contributed by atoms with Crippen molar-refractivity contribution in [2.45, 2.75) is 60.8 Å². The molecular formula is C18H24N2O2S. The van der Waals surface area contributed by atoms with Crippen LogP contribution in [-0.2, 0) is 4.79 Å². The highest BCUT2D eigenvalue weighted by molar-refractivity contribution is 8.00. The average molecular weight is 332 g/mol. The highest BCUT2D eigenvalue weighted by atomic mass is 32.2. The fraction of sp³-hybridized carbons (Fsp3) is 0.611. The van der Waals surface area contributed by atoms with E-state index >= 15 is 0 Å². The van der Waals surface area contributed by atoms with E-state index in [2.05, 4.69) is 29.7 Å². The molecule has 1 aromatic rings. The second-order valence-electron chi connectivity index (χ2n) is 7.19. The fourth-order valence-electron chi connectivity index (χ4n) is 3.76. The van der Waals surface area contributed by atoms with Crippen molar-refractivity contribution in [1.29, 1.82) is 0 Å². The van der Waals surface area contributed by atoms with Crippen LogP contribution in [0.15, 0.2) is 17.0 Å². The minimum absolute atomic E-state index is 0.153. The Bertz CT molecular complexity index is 628. The highest BCUT2D eigenvalue weighted by Gasteiger charge is 2.49. The smallest absolute Gasteiger partial charge is 0.207 e. The number of hydrogen-bond acceptors (Lipinski definition) is 4. The highest BCUT2D eigenvalue weighted by Crippen LogP contribution is 2.53. The van der Waals surface area contributed by atoms with Gasteiger partial charge in [0.25, 0.3) is 0 Å². The van der Waals surface area contributed by atoms with E-state index in [-0.39, 0.29) is 10.9 Å². The number of thioether (sulfide) groups is 1. The van der Waals surface area contributed by atoms with Crippen LogP contribution in [0.4, 0.5) is 5.69 Å². The number of nitrogens with one attached hydrogen (secondary N) is 2. The van der Waals surface area contributed by atoms with Crippen molar-refractivity contribution in [3.05, 3.63) is 17.7 Å². The number of anilines is 1. The van der Waals surface area contributed by atoms with E-state index in [1.165, 1.54) is 42.6 Å². The zero-order valence-electron chi connectivity index (χ0n) is 13.7. The Morgan fingerprint density at radius 1 is 1.35 bits per heavy atom. The zero-order chi connectivity index (χ0) is 16.0. The summed E-state index contributed by atoms with van der Waals surface area (Å²) in [7, 11) is 1.74. The van der Waals surface area contributed by atoms with Gasteiger partial charge in [0, 0.05) is 4.90 Å². The predicted octanol–water partition coefficient (Wildman–Crippen LogP) is 3.72. The Labute approximate surface area is 141 Å². The van der Waals surface area contributed by atoms with Crippen LogP contribution >= 0.6 is 11.8 Å². The van der Waals surface area contributed by atoms with E-state index in [4.69, 9.17) is 4.74 Å². The average Bonchev–Trinajstić information content (AvgIpc) is 3.25. The Balaban J connectivity index is 1.64. The van der Waals surface area contributed by atoms with Gasteiger partial charge in [-0.15, -0.1) is 0 Å². The molecule has 23 heavy (non-hydrogen) atoms. The second-order valence-corrected chi connectivity index (χ2v) is 8.33. The van der Waals surface area contributed by atoms with E-state index in [0.717, 1.165) is 17.8 Å². The Morgan fingerprint density at radius 2 is 2.13 bits per heavy atom. The van der Waals surface area contributed by atoms with Crippen molar-refractivity contribution in [3.63, 3.8) is 0 Å². The Morgan fingerprint density at radius 3 is 2.70 bits per heavy atom. The molecule has 1 amide bonds. The normalized spacial score (nSPS) is 25.7. The number of amides is 1. The minimum atomic E-state index is -0.215. The van der Waals surface area contributed by atoms with Crippen LogP contribution in [0, 0.1) is 5.92 Å². The molecule has 4 nitrogen and oxygen atoms in total. The number of hydrogen-bond donors (Lipinski definition) is 2. The molecular weight excluding hydrogens is 308 g/mol. The summed E-state index contributed by atoms with van der Waals surface area (Å²) >= 11 is 1.83. The molecule has 2 atom stereocenters. The SMILES string of the molecule is COc1cc(C2CCC2)cc2c1NC([C@@](C)(NC=O)C1CC1)S2. The summed E-state index contributed by atoms with van der Waals surface area (Å²) < 4.78 is 5.65. The lowest BCUT2D eigenvalue weighted by atomic mass is 9.80. The topological polar surface area (TPSA) is 50.4 Å². The van der Waals surface area contributed by atoms with Gasteiger partial charge in [0.05, 0.1) is 18.3 Å². The van der Waals surface area contributed by atoms with E-state index in [9.17, 15) is 4.79 Å². The molecule has 1 aliphatic heterocycles. The summed E-state index contributed by atoms with van der Waals surface area (Å²) in [6.45, 7) is 2.16. The molecule has 0 radical (unpaired) electrons. The van der Waals surface area contributed by atoms with Crippen molar-refractivity contribution in [1.82, 2.24) is 5.32 Å². The number of fused-ring (bicyclic) bond motifs is 1. The summed E-state index contributed by atoms with van der Waals surface area (Å²) in [4.78, 5) is 12.4. The van der Waals surface area contributed by atoms with Gasteiger partial charge in [0.1, 0.15) is 11.1 Å². The van der Waals surface area contributed by atoms with Gasteiger partial charge >= 0.3 is 0 Å². The van der Waals surface area contributed by atoms with Crippen molar-refractivity contribution in [2.75, 3.05) is 12.4 Å². The van der Waals surface area contributed by atoms with Gasteiger partial charge in [0.15, 0.2) is 0 Å². The second kappa shape index (κ2) is 5.62. The molecule has 5 heteroatoms. The first-order valence-corrected chi connectivity index (χ1v) is 9.40. The minimum Gasteiger partial charge on any atom is -0.495 e. The van der Waals surface area contributed by atoms with Gasteiger partial charge in [-0.05, 0) is 62.1 Å². The molecule has 0 saturated heterocycles. The Kier molecular flexibility index (Phi) is 3.71. The maximum absolute atomic E-state index is 11.1. The van der Waals surface area contributed by atoms with Gasteiger partial charge < -0.3 is 15.4 Å². The number of benzene rings is 1. The van der Waals surface area contributed by atoms with E-state index in [1.807, 2.05) is 11.8 Å². The van der Waals surface area contributed by atoms with Crippen LogP contribution in [0.1, 0.15) is 50.5 Å². The van der Waals surface area contributed by atoms with Crippen LogP contribution in [0.25, 0.3) is 0 Å². The maximum atomic E-state index is 11.1. The largest absolute Gasteiger partial charge is 0.495 e. The number of ether oxygens (including phenoxy) is 1. The standard InChI is InChI=1S/C18H24N2O2S/c1-18(19-10-21,13-6-7-13)17-20-16-14(22-2)8-12(9-15(16)23-17)11-4-3-5-11/h8-11,13,17,20H,3-7H2,1-2H3,(H,19,21)/t17?,18-/m0/s1. The molecule has 2 aliphatic carbocycles. The molecule has 0 aromatic heterocycles. The third-order valence-corrected chi connectivity index (χ3v) is 7.16. The predicted molar refractivity (Wildman–Crippen MR) is 93.2 cm³/mol. The van der Waals surface area contributed by atoms with Crippen molar-refractivity contribution in [3.8, 4) is 5.75 Å². The number of carbonyl (C=O) groups excluding carboxylic acids is 1. The summed E-state index contributed by atoms with van der Waals surface area (Å²) in [5.41, 5.74) is 2.27. The molecule has 124 valence electrons. The monoisotopic (exact) mass is 332 g/mol. The van der Waals surface area contributed by atoms with E-state index in [0.29, 0.717) is 11.8 Å². The molecule has 2 N–H and O–H groups in total. The molecule has 4 rings (SSSR count). The van der Waals surface area contributed by atoms with Crippen LogP contribution in [0.3, 0.4) is 0 Å². The lowest BCUT2D eigenvalue weighted by Gasteiger charge is -2.35. The quantitative estimate of drug-likeness (QED) is 0.780. The fourth-order valence-corrected chi connectivity index (χ4v) is 5.18. The summed E-state index contributed by atoms with van der Waals surface area (Å²) in [5.74, 6) is 2.18. The number of rotatable bonds is 6. The first kappa shape index (κ1) is 15.2. The maximum Gasteiger partial charge on any atom is 0.207 e. The summed E-state index contributed by atoms with van der Waals surface area (Å²) in [6, 6.07) is 4.52. The van der Waals surface area contributed by atoms with Crippen molar-refractivity contribution in [2.24, 2.45) is 5.92 Å². The van der Waals surface area contributed by atoms with Gasteiger partial charge in [-0.25, -0.2) is 0 Å². The molecule has 1 heterocycles. The summed E-state index contributed by atoms with van der Waals surface area (Å²) in [6.07, 6.45) is 7.14. The van der Waals surface area contributed by atoms with E-state index < -0.39 is 0 Å². The number of carbonyl (C=O) groups is 1. The van der Waals surface area contributed by atoms with Crippen molar-refractivity contribution < 1.29 is 9.53 Å². The molecule has 0 bridgehead atoms. The van der Waals surface area contributed by atoms with Crippen molar-refractivity contribution >= 4 is 23.9 Å². The molecule has 2 fully saturated rings. The van der Waals surface area contributed by atoms with Crippen LogP contribution < -0.4 is 15.4 Å². The zero-order valence-corrected chi connectivity index (χ0v) is 14.5. The van der Waals surface area contributed by atoms with E-state index in [1.54, 1.807) is 7.11 Å². The van der Waals surface area contributed by atoms with Crippen LogP contribution in [0.5, 0.6) is 5.75 Å². The Hall–Kier alpha value is -1.36. The molecule has 1 aromatic carbocycles. The lowest BCUT2D eigenvalue weighted by Crippen LogP contribution is -2.54. The number of methoxy groups -OCH3 is 1. The van der Waals surface area contributed by atoms with Gasteiger partial charge in [-0.1, -0.05) is 18.2 Å². The molecule has 0 spiro atoms. The third-order valence-electron chi connectivity index (χ3n) is 5.75. The molecule has 1 unspecified atom stereocenters. The lowest BCUT2D eigenvalue weighted by molar-refractivity contribution is -0.111. The molecule has 2 saturated carbocycles. The first-order chi connectivity index (χ1) is 11.2. The molecule has 3 aliphatic rings. The van der Waals surface area contributed by atoms with Crippen LogP contribution in [-0.4, -0.2) is 24.4 Å². The first-order valence-electron chi connectivity index (χ1n) is 8.52. The van der Waals surface area contributed by atoms with Crippen LogP contribution in [0.2, 0.25) is 0 Å². The van der Waals surface area contributed by atoms with Gasteiger partial charge in [0.2, 0.25) is 6.41 Å². The summed E-state index contributed by atoms with van der Waals surface area (Å²) in [5, 5.41) is 6.86. The van der Waals surface area contributed by atoms with Gasteiger partial charge in [-0.3, -0.25) is 4.79 Å². The van der Waals surface area contributed by atoms with Gasteiger partial charge in [-0.2, -0.15) is 0 Å².